The van der Waals surface area contributed by atoms with Crippen LogP contribution in [0.1, 0.15) is 11.1 Å². The molecular weight excluding hydrogens is 340 g/mol. The minimum absolute atomic E-state index is 0.182. The second-order valence-electron chi connectivity index (χ2n) is 4.59. The molecule has 0 unspecified atom stereocenters. The van der Waals surface area contributed by atoms with Gasteiger partial charge < -0.3 is 0 Å². The molecule has 0 saturated heterocycles. The van der Waals surface area contributed by atoms with Gasteiger partial charge in [-0.25, -0.2) is 8.42 Å². The monoisotopic (exact) mass is 354 g/mol. The van der Waals surface area contributed by atoms with Gasteiger partial charge in [0.15, 0.2) is 0 Å². The molecule has 1 aromatic heterocycles. The molecule has 0 spiro atoms. The lowest BCUT2D eigenvalue weighted by Gasteiger charge is -2.17. The van der Waals surface area contributed by atoms with Gasteiger partial charge in [0.05, 0.1) is 0 Å². The van der Waals surface area contributed by atoms with E-state index >= 15 is 0 Å². The highest BCUT2D eigenvalue weighted by Gasteiger charge is 2.21. The molecule has 0 atom stereocenters. The number of benzene rings is 1. The van der Waals surface area contributed by atoms with Crippen LogP contribution in [0.15, 0.2) is 52.1 Å². The smallest absolute Gasteiger partial charge is 0.244 e. The Bertz CT molecular complexity index is 699. The molecule has 2 rings (SSSR count). The third kappa shape index (κ3) is 3.45. The summed E-state index contributed by atoms with van der Waals surface area (Å²) in [4.78, 5) is 4.08. The first-order chi connectivity index (χ1) is 9.39. The van der Waals surface area contributed by atoms with Crippen molar-refractivity contribution in [1.82, 2.24) is 9.29 Å². The first kappa shape index (κ1) is 15.2. The molecule has 2 aromatic rings. The predicted octanol–water partition coefficient (Wildman–Crippen LogP) is 2.97. The van der Waals surface area contributed by atoms with Crippen molar-refractivity contribution in [3.05, 3.63) is 58.3 Å². The highest BCUT2D eigenvalue weighted by atomic mass is 79.9. The third-order valence-electron chi connectivity index (χ3n) is 2.91. The zero-order valence-corrected chi connectivity index (χ0v) is 13.6. The molecule has 0 saturated carbocycles. The molecule has 1 aromatic carbocycles. The number of sulfonamides is 1. The molecule has 20 heavy (non-hydrogen) atoms. The predicted molar refractivity (Wildman–Crippen MR) is 81.8 cm³/mol. The van der Waals surface area contributed by atoms with E-state index < -0.39 is 10.0 Å². The van der Waals surface area contributed by atoms with Crippen LogP contribution in [0, 0.1) is 6.92 Å². The largest absolute Gasteiger partial charge is 0.262 e. The van der Waals surface area contributed by atoms with Crippen LogP contribution in [-0.4, -0.2) is 24.8 Å². The number of aromatic nitrogens is 1. The average molecular weight is 355 g/mol. The van der Waals surface area contributed by atoms with Crippen molar-refractivity contribution in [3.63, 3.8) is 0 Å². The summed E-state index contributed by atoms with van der Waals surface area (Å²) in [7, 11) is -1.96. The first-order valence-electron chi connectivity index (χ1n) is 6.02. The van der Waals surface area contributed by atoms with E-state index in [-0.39, 0.29) is 4.90 Å². The SMILES string of the molecule is Cc1ccc(CN(C)S(=O)(=O)c2cncc(Br)c2)cc1. The van der Waals surface area contributed by atoms with E-state index in [9.17, 15) is 8.42 Å². The second-order valence-corrected chi connectivity index (χ2v) is 7.55. The van der Waals surface area contributed by atoms with Gasteiger partial charge in [-0.3, -0.25) is 4.98 Å². The lowest BCUT2D eigenvalue weighted by Crippen LogP contribution is -2.26. The fraction of sp³-hybridized carbons (Fsp3) is 0.214. The quantitative estimate of drug-likeness (QED) is 0.847. The van der Waals surface area contributed by atoms with E-state index in [0.29, 0.717) is 11.0 Å². The Morgan fingerprint density at radius 3 is 2.45 bits per heavy atom. The van der Waals surface area contributed by atoms with Crippen LogP contribution in [0.25, 0.3) is 0 Å². The first-order valence-corrected chi connectivity index (χ1v) is 8.25. The van der Waals surface area contributed by atoms with Crippen molar-refractivity contribution >= 4 is 26.0 Å². The van der Waals surface area contributed by atoms with Crippen molar-refractivity contribution < 1.29 is 8.42 Å². The Kier molecular flexibility index (Phi) is 4.57. The summed E-state index contributed by atoms with van der Waals surface area (Å²) < 4.78 is 26.8. The topological polar surface area (TPSA) is 50.3 Å². The average Bonchev–Trinajstić information content (AvgIpc) is 2.41. The highest BCUT2D eigenvalue weighted by Crippen LogP contribution is 2.19. The number of aryl methyl sites for hydroxylation is 1. The third-order valence-corrected chi connectivity index (χ3v) is 5.12. The minimum Gasteiger partial charge on any atom is -0.262 e. The van der Waals surface area contributed by atoms with Gasteiger partial charge in [0.25, 0.3) is 0 Å². The van der Waals surface area contributed by atoms with Gasteiger partial charge in [-0.05, 0) is 34.5 Å². The van der Waals surface area contributed by atoms with E-state index in [1.165, 1.54) is 10.5 Å². The van der Waals surface area contributed by atoms with Crippen LogP contribution in [-0.2, 0) is 16.6 Å². The van der Waals surface area contributed by atoms with Crippen molar-refractivity contribution in [1.29, 1.82) is 0 Å². The van der Waals surface area contributed by atoms with Gasteiger partial charge in [0.1, 0.15) is 4.90 Å². The maximum Gasteiger partial charge on any atom is 0.244 e. The van der Waals surface area contributed by atoms with Gasteiger partial charge in [0.2, 0.25) is 10.0 Å². The van der Waals surface area contributed by atoms with Crippen molar-refractivity contribution in [2.24, 2.45) is 0 Å². The number of hydrogen-bond acceptors (Lipinski definition) is 3. The van der Waals surface area contributed by atoms with E-state index in [1.807, 2.05) is 31.2 Å². The second kappa shape index (κ2) is 6.03. The molecule has 0 N–H and O–H groups in total. The van der Waals surface area contributed by atoms with Crippen LogP contribution in [0.3, 0.4) is 0 Å². The maximum absolute atomic E-state index is 12.4. The standard InChI is InChI=1S/C14H15BrN2O2S/c1-11-3-5-12(6-4-11)10-17(2)20(18,19)14-7-13(15)8-16-9-14/h3-9H,10H2,1-2H3. The summed E-state index contributed by atoms with van der Waals surface area (Å²) in [6.45, 7) is 2.33. The molecule has 6 heteroatoms. The summed E-state index contributed by atoms with van der Waals surface area (Å²) in [5.41, 5.74) is 2.10. The molecule has 0 aliphatic rings. The zero-order valence-electron chi connectivity index (χ0n) is 11.2. The van der Waals surface area contributed by atoms with Gasteiger partial charge >= 0.3 is 0 Å². The van der Waals surface area contributed by atoms with Crippen LogP contribution in [0.4, 0.5) is 0 Å². The molecule has 0 fully saturated rings. The van der Waals surface area contributed by atoms with Gasteiger partial charge in [-0.1, -0.05) is 29.8 Å². The van der Waals surface area contributed by atoms with Crippen molar-refractivity contribution in [3.8, 4) is 0 Å². The fourth-order valence-electron chi connectivity index (χ4n) is 1.75. The Balaban J connectivity index is 2.23. The number of nitrogens with zero attached hydrogens (tertiary/aromatic N) is 2. The molecule has 0 aliphatic heterocycles. The summed E-state index contributed by atoms with van der Waals surface area (Å²) in [5, 5.41) is 0. The number of rotatable bonds is 4. The molecule has 0 bridgehead atoms. The van der Waals surface area contributed by atoms with Crippen LogP contribution >= 0.6 is 15.9 Å². The Labute approximate surface area is 127 Å². The van der Waals surface area contributed by atoms with Crippen molar-refractivity contribution in [2.45, 2.75) is 18.4 Å². The minimum atomic E-state index is -3.53. The lowest BCUT2D eigenvalue weighted by molar-refractivity contribution is 0.466. The fourth-order valence-corrected chi connectivity index (χ4v) is 3.41. The summed E-state index contributed by atoms with van der Waals surface area (Å²) >= 11 is 3.23. The maximum atomic E-state index is 12.4. The molecule has 0 radical (unpaired) electrons. The van der Waals surface area contributed by atoms with Crippen molar-refractivity contribution in [2.75, 3.05) is 7.05 Å². The lowest BCUT2D eigenvalue weighted by atomic mass is 10.1. The summed E-state index contributed by atoms with van der Waals surface area (Å²) in [5.74, 6) is 0. The Morgan fingerprint density at radius 2 is 1.85 bits per heavy atom. The van der Waals surface area contributed by atoms with Gasteiger partial charge in [-0.2, -0.15) is 4.31 Å². The number of halogens is 1. The van der Waals surface area contributed by atoms with E-state index in [0.717, 1.165) is 11.1 Å². The molecular formula is C14H15BrN2O2S. The highest BCUT2D eigenvalue weighted by molar-refractivity contribution is 9.10. The van der Waals surface area contributed by atoms with Crippen LogP contribution in [0.5, 0.6) is 0 Å². The van der Waals surface area contributed by atoms with Crippen LogP contribution < -0.4 is 0 Å². The van der Waals surface area contributed by atoms with E-state index in [4.69, 9.17) is 0 Å². The number of hydrogen-bond donors (Lipinski definition) is 0. The normalized spacial score (nSPS) is 11.8. The number of pyridine rings is 1. The van der Waals surface area contributed by atoms with Gasteiger partial charge in [0, 0.05) is 30.5 Å². The van der Waals surface area contributed by atoms with E-state index in [2.05, 4.69) is 20.9 Å². The van der Waals surface area contributed by atoms with E-state index in [1.54, 1.807) is 19.3 Å². The van der Waals surface area contributed by atoms with Gasteiger partial charge in [-0.15, -0.1) is 0 Å². The Hall–Kier alpha value is -1.24. The summed E-state index contributed by atoms with van der Waals surface area (Å²) in [6.07, 6.45) is 2.91. The molecule has 0 aliphatic carbocycles. The molecule has 106 valence electrons. The molecule has 0 amide bonds. The molecule has 1 heterocycles. The zero-order chi connectivity index (χ0) is 14.8. The molecule has 4 nitrogen and oxygen atoms in total. The summed E-state index contributed by atoms with van der Waals surface area (Å²) in [6, 6.07) is 9.35. The Morgan fingerprint density at radius 1 is 1.20 bits per heavy atom. The van der Waals surface area contributed by atoms with Crippen LogP contribution in [0.2, 0.25) is 0 Å².